The minimum absolute atomic E-state index is 0.0117. The molecular weight excluding hydrogens is 326 g/mol. The molecule has 0 saturated carbocycles. The Balaban J connectivity index is 1.42. The first kappa shape index (κ1) is 18.9. The molecule has 1 atom stereocenters. The van der Waals surface area contributed by atoms with Crippen LogP contribution in [0.5, 0.6) is 0 Å². The molecule has 1 aromatic carbocycles. The van der Waals surface area contributed by atoms with E-state index in [-0.39, 0.29) is 17.7 Å². The monoisotopic (exact) mass is 357 g/mol. The van der Waals surface area contributed by atoms with Crippen LogP contribution in [0.15, 0.2) is 30.3 Å². The molecule has 2 fully saturated rings. The van der Waals surface area contributed by atoms with Crippen LogP contribution in [0.4, 0.5) is 0 Å². The Kier molecular flexibility index (Phi) is 6.67. The third-order valence-electron chi connectivity index (χ3n) is 5.66. The third-order valence-corrected chi connectivity index (χ3v) is 5.66. The summed E-state index contributed by atoms with van der Waals surface area (Å²) in [6.45, 7) is 5.37. The molecule has 2 aliphatic heterocycles. The molecule has 5 nitrogen and oxygen atoms in total. The van der Waals surface area contributed by atoms with Gasteiger partial charge in [-0.15, -0.1) is 0 Å². The summed E-state index contributed by atoms with van der Waals surface area (Å²) in [4.78, 5) is 30.7. The van der Waals surface area contributed by atoms with Gasteiger partial charge in [-0.1, -0.05) is 30.3 Å². The second-order valence-electron chi connectivity index (χ2n) is 7.62. The Hall–Kier alpha value is -1.88. The highest BCUT2D eigenvalue weighted by Gasteiger charge is 2.31. The Morgan fingerprint density at radius 1 is 1.12 bits per heavy atom. The average molecular weight is 357 g/mol. The summed E-state index contributed by atoms with van der Waals surface area (Å²) in [6.07, 6.45) is 4.53. The summed E-state index contributed by atoms with van der Waals surface area (Å²) < 4.78 is 0. The molecule has 0 N–H and O–H groups in total. The van der Waals surface area contributed by atoms with E-state index in [4.69, 9.17) is 0 Å². The highest BCUT2D eigenvalue weighted by Crippen LogP contribution is 2.19. The summed E-state index contributed by atoms with van der Waals surface area (Å²) >= 11 is 0. The molecule has 0 radical (unpaired) electrons. The highest BCUT2D eigenvalue weighted by atomic mass is 16.2. The number of carbonyl (C=O) groups is 2. The number of benzene rings is 1. The summed E-state index contributed by atoms with van der Waals surface area (Å²) in [7, 11) is 1.80. The van der Waals surface area contributed by atoms with Crippen molar-refractivity contribution in [3.63, 3.8) is 0 Å². The van der Waals surface area contributed by atoms with Crippen molar-refractivity contribution < 1.29 is 9.59 Å². The number of likely N-dealkylation sites (tertiary alicyclic amines) is 1. The van der Waals surface area contributed by atoms with Crippen molar-refractivity contribution in [2.45, 2.75) is 32.1 Å². The van der Waals surface area contributed by atoms with E-state index in [1.165, 1.54) is 5.56 Å². The molecule has 2 aliphatic rings. The first-order valence-corrected chi connectivity index (χ1v) is 9.92. The predicted molar refractivity (Wildman–Crippen MR) is 103 cm³/mol. The van der Waals surface area contributed by atoms with Gasteiger partial charge in [0, 0.05) is 39.6 Å². The largest absolute Gasteiger partial charge is 0.345 e. The Bertz CT molecular complexity index is 605. The van der Waals surface area contributed by atoms with Crippen LogP contribution < -0.4 is 0 Å². The fraction of sp³-hybridized carbons (Fsp3) is 0.619. The van der Waals surface area contributed by atoms with E-state index < -0.39 is 0 Å². The predicted octanol–water partition coefficient (Wildman–Crippen LogP) is 2.02. The molecule has 142 valence electrons. The van der Waals surface area contributed by atoms with Crippen LogP contribution in [0.25, 0.3) is 0 Å². The van der Waals surface area contributed by atoms with Gasteiger partial charge in [-0.05, 0) is 44.3 Å². The van der Waals surface area contributed by atoms with Gasteiger partial charge in [0.25, 0.3) is 0 Å². The quantitative estimate of drug-likeness (QED) is 0.810. The van der Waals surface area contributed by atoms with E-state index in [0.717, 1.165) is 52.0 Å². The van der Waals surface area contributed by atoms with Crippen LogP contribution in [0.3, 0.4) is 0 Å². The number of piperidine rings is 1. The highest BCUT2D eigenvalue weighted by molar-refractivity contribution is 5.83. The maximum absolute atomic E-state index is 12.8. The normalized spacial score (nSPS) is 22.3. The van der Waals surface area contributed by atoms with E-state index in [1.54, 1.807) is 11.9 Å². The maximum Gasteiger partial charge on any atom is 0.227 e. The first-order chi connectivity index (χ1) is 12.6. The van der Waals surface area contributed by atoms with Gasteiger partial charge in [0.1, 0.15) is 0 Å². The van der Waals surface area contributed by atoms with Gasteiger partial charge >= 0.3 is 0 Å². The molecule has 26 heavy (non-hydrogen) atoms. The van der Waals surface area contributed by atoms with Gasteiger partial charge in [0.2, 0.25) is 11.8 Å². The van der Waals surface area contributed by atoms with E-state index in [2.05, 4.69) is 35.2 Å². The van der Waals surface area contributed by atoms with Crippen molar-refractivity contribution in [1.29, 1.82) is 0 Å². The van der Waals surface area contributed by atoms with Crippen LogP contribution in [-0.2, 0) is 16.0 Å². The molecule has 0 aromatic heterocycles. The number of nitrogens with zero attached hydrogens (tertiary/aromatic N) is 3. The van der Waals surface area contributed by atoms with Gasteiger partial charge in [-0.3, -0.25) is 9.59 Å². The molecule has 3 rings (SSSR count). The zero-order valence-corrected chi connectivity index (χ0v) is 15.9. The number of rotatable bonds is 5. The number of hydrogen-bond donors (Lipinski definition) is 0. The van der Waals surface area contributed by atoms with Gasteiger partial charge in [0.15, 0.2) is 0 Å². The lowest BCUT2D eigenvalue weighted by molar-refractivity contribution is -0.142. The number of hydrogen-bond acceptors (Lipinski definition) is 3. The molecule has 2 heterocycles. The molecule has 0 spiro atoms. The van der Waals surface area contributed by atoms with Crippen LogP contribution >= 0.6 is 0 Å². The SMILES string of the molecule is CN1C[C@H](C(=O)N2CCCN(CCCc3ccccc3)CC2)CCC1=O. The standard InChI is InChI=1S/C21H31N3O2/c1-22-17-19(10-11-20(22)25)21(26)24-14-6-13-23(15-16-24)12-5-9-18-7-3-2-4-8-18/h2-4,7-8,19H,5-6,9-17H2,1H3/t19-/m1/s1. The van der Waals surface area contributed by atoms with Gasteiger partial charge < -0.3 is 14.7 Å². The average Bonchev–Trinajstić information content (AvgIpc) is 2.90. The van der Waals surface area contributed by atoms with Crippen molar-refractivity contribution in [2.24, 2.45) is 5.92 Å². The lowest BCUT2D eigenvalue weighted by atomic mass is 9.96. The van der Waals surface area contributed by atoms with Crippen molar-refractivity contribution in [3.8, 4) is 0 Å². The molecule has 0 bridgehead atoms. The summed E-state index contributed by atoms with van der Waals surface area (Å²) in [5.74, 6) is 0.396. The van der Waals surface area contributed by atoms with Crippen LogP contribution in [0.1, 0.15) is 31.2 Å². The van der Waals surface area contributed by atoms with Crippen LogP contribution in [0.2, 0.25) is 0 Å². The summed E-state index contributed by atoms with van der Waals surface area (Å²) in [5, 5.41) is 0. The first-order valence-electron chi connectivity index (χ1n) is 9.92. The number of amides is 2. The smallest absolute Gasteiger partial charge is 0.227 e. The van der Waals surface area contributed by atoms with Crippen molar-refractivity contribution in [3.05, 3.63) is 35.9 Å². The van der Waals surface area contributed by atoms with Crippen molar-refractivity contribution >= 4 is 11.8 Å². The fourth-order valence-electron chi connectivity index (χ4n) is 4.04. The summed E-state index contributed by atoms with van der Waals surface area (Å²) in [6, 6.07) is 10.6. The molecule has 2 saturated heterocycles. The molecule has 1 aromatic rings. The Labute approximate surface area is 156 Å². The maximum atomic E-state index is 12.8. The van der Waals surface area contributed by atoms with E-state index >= 15 is 0 Å². The van der Waals surface area contributed by atoms with Gasteiger partial charge in [-0.2, -0.15) is 0 Å². The Morgan fingerprint density at radius 2 is 1.92 bits per heavy atom. The molecule has 2 amide bonds. The second-order valence-corrected chi connectivity index (χ2v) is 7.62. The lowest BCUT2D eigenvalue weighted by Gasteiger charge is -2.32. The van der Waals surface area contributed by atoms with Crippen LogP contribution in [0, 0.1) is 5.92 Å². The molecule has 0 unspecified atom stereocenters. The lowest BCUT2D eigenvalue weighted by Crippen LogP contribution is -2.46. The Morgan fingerprint density at radius 3 is 2.69 bits per heavy atom. The zero-order valence-electron chi connectivity index (χ0n) is 15.9. The topological polar surface area (TPSA) is 43.9 Å². The molecular formula is C21H31N3O2. The second kappa shape index (κ2) is 9.17. The van der Waals surface area contributed by atoms with Crippen molar-refractivity contribution in [1.82, 2.24) is 14.7 Å². The van der Waals surface area contributed by atoms with Crippen molar-refractivity contribution in [2.75, 3.05) is 46.3 Å². The van der Waals surface area contributed by atoms with Crippen LogP contribution in [-0.4, -0.2) is 72.8 Å². The molecule has 5 heteroatoms. The number of aryl methyl sites for hydroxylation is 1. The van der Waals surface area contributed by atoms with E-state index in [9.17, 15) is 9.59 Å². The van der Waals surface area contributed by atoms with E-state index in [0.29, 0.717) is 19.4 Å². The van der Waals surface area contributed by atoms with Gasteiger partial charge in [0.05, 0.1) is 5.92 Å². The van der Waals surface area contributed by atoms with E-state index in [1.807, 2.05) is 4.90 Å². The fourth-order valence-corrected chi connectivity index (χ4v) is 4.04. The third kappa shape index (κ3) is 5.07. The minimum Gasteiger partial charge on any atom is -0.345 e. The zero-order chi connectivity index (χ0) is 18.4. The van der Waals surface area contributed by atoms with Gasteiger partial charge in [-0.25, -0.2) is 0 Å². The number of carbonyl (C=O) groups excluding carboxylic acids is 2. The summed E-state index contributed by atoms with van der Waals surface area (Å²) in [5.41, 5.74) is 1.40. The molecule has 0 aliphatic carbocycles. The minimum atomic E-state index is -0.0117.